The highest BCUT2D eigenvalue weighted by Crippen LogP contribution is 2.28. The largest absolute Gasteiger partial charge is 0.394 e. The first-order chi connectivity index (χ1) is 8.95. The molecule has 1 amide bonds. The highest BCUT2D eigenvalue weighted by atomic mass is 35.5. The zero-order valence-corrected chi connectivity index (χ0v) is 10.7. The highest BCUT2D eigenvalue weighted by Gasteiger charge is 2.45. The second-order valence-corrected chi connectivity index (χ2v) is 4.81. The molecule has 0 aromatic rings. The average molecular weight is 291 g/mol. The lowest BCUT2D eigenvalue weighted by Crippen LogP contribution is -2.44. The molecule has 5 N–H and O–H groups in total. The topological polar surface area (TPSA) is 116 Å². The number of hydrogen-bond acceptors (Lipinski definition) is 6. The summed E-state index contributed by atoms with van der Waals surface area (Å²) in [5, 5.41) is 28.8. The quantitative estimate of drug-likeness (QED) is 0.489. The molecule has 1 saturated heterocycles. The van der Waals surface area contributed by atoms with Gasteiger partial charge in [0.05, 0.1) is 23.8 Å². The van der Waals surface area contributed by atoms with Gasteiger partial charge in [0.25, 0.3) is 0 Å². The molecule has 19 heavy (non-hydrogen) atoms. The molecule has 2 heterocycles. The van der Waals surface area contributed by atoms with Crippen molar-refractivity contribution in [1.82, 2.24) is 4.90 Å². The number of nitrogens with two attached hydrogens (primary N) is 1. The molecule has 0 saturated carbocycles. The van der Waals surface area contributed by atoms with Gasteiger partial charge < -0.3 is 30.7 Å². The van der Waals surface area contributed by atoms with E-state index in [-0.39, 0.29) is 17.2 Å². The molecule has 0 unspecified atom stereocenters. The molecule has 2 rings (SSSR count). The van der Waals surface area contributed by atoms with Gasteiger partial charge in [-0.25, -0.2) is 0 Å². The van der Waals surface area contributed by atoms with E-state index in [0.717, 1.165) is 0 Å². The van der Waals surface area contributed by atoms with Crippen molar-refractivity contribution in [3.8, 4) is 0 Å². The third-order valence-corrected chi connectivity index (χ3v) is 3.54. The number of primary amides is 1. The SMILES string of the molecule is NC(=O)C1=C(Cl)C=CN([C@@H]2O[C@H](CO)[C@@H](O)[C@H]2O)C1. The number of ether oxygens (including phenoxy) is 1. The molecule has 2 aliphatic heterocycles. The predicted octanol–water partition coefficient (Wildman–Crippen LogP) is -1.77. The van der Waals surface area contributed by atoms with Crippen molar-refractivity contribution < 1.29 is 24.9 Å². The Kier molecular flexibility index (Phi) is 4.12. The summed E-state index contributed by atoms with van der Waals surface area (Å²) < 4.78 is 5.34. The number of aliphatic hydroxyl groups is 3. The van der Waals surface area contributed by atoms with E-state index in [4.69, 9.17) is 27.2 Å². The standard InChI is InChI=1S/C11H15ClN2O5/c12-6-1-2-14(3-5(6)10(13)18)11-9(17)8(16)7(4-15)19-11/h1-2,7-9,11,15-17H,3-4H2,(H2,13,18)/t7-,8-,9-,11-/m1/s1. The summed E-state index contributed by atoms with van der Waals surface area (Å²) >= 11 is 5.84. The Bertz CT molecular complexity index is 439. The lowest BCUT2D eigenvalue weighted by molar-refractivity contribution is -0.115. The Hall–Kier alpha value is -1.12. The molecule has 0 bridgehead atoms. The molecule has 2 aliphatic rings. The Morgan fingerprint density at radius 3 is 2.74 bits per heavy atom. The van der Waals surface area contributed by atoms with Crippen LogP contribution in [0.25, 0.3) is 0 Å². The summed E-state index contributed by atoms with van der Waals surface area (Å²) in [7, 11) is 0. The van der Waals surface area contributed by atoms with Crippen molar-refractivity contribution >= 4 is 17.5 Å². The van der Waals surface area contributed by atoms with Gasteiger partial charge in [0, 0.05) is 6.20 Å². The molecule has 0 aromatic carbocycles. The van der Waals surface area contributed by atoms with Crippen molar-refractivity contribution in [1.29, 1.82) is 0 Å². The van der Waals surface area contributed by atoms with Crippen molar-refractivity contribution in [3.05, 3.63) is 22.9 Å². The number of rotatable bonds is 3. The van der Waals surface area contributed by atoms with Crippen LogP contribution in [-0.4, -0.2) is 63.8 Å². The molecule has 0 aliphatic carbocycles. The summed E-state index contributed by atoms with van der Waals surface area (Å²) in [6.07, 6.45) is -1.14. The maximum absolute atomic E-state index is 11.2. The summed E-state index contributed by atoms with van der Waals surface area (Å²) in [4.78, 5) is 12.7. The van der Waals surface area contributed by atoms with Crippen LogP contribution in [0, 0.1) is 0 Å². The number of aliphatic hydroxyl groups excluding tert-OH is 3. The van der Waals surface area contributed by atoms with Gasteiger partial charge in [-0.3, -0.25) is 4.79 Å². The van der Waals surface area contributed by atoms with Crippen molar-refractivity contribution in [3.63, 3.8) is 0 Å². The van der Waals surface area contributed by atoms with Gasteiger partial charge in [0.1, 0.15) is 18.3 Å². The maximum atomic E-state index is 11.2. The van der Waals surface area contributed by atoms with E-state index in [9.17, 15) is 15.0 Å². The van der Waals surface area contributed by atoms with E-state index in [2.05, 4.69) is 0 Å². The summed E-state index contributed by atoms with van der Waals surface area (Å²) in [6, 6.07) is 0. The normalized spacial score (nSPS) is 35.1. The zero-order valence-electron chi connectivity index (χ0n) is 9.94. The average Bonchev–Trinajstić information content (AvgIpc) is 2.66. The number of nitrogens with zero attached hydrogens (tertiary/aromatic N) is 1. The minimum Gasteiger partial charge on any atom is -0.394 e. The molecule has 7 nitrogen and oxygen atoms in total. The maximum Gasteiger partial charge on any atom is 0.247 e. The Morgan fingerprint density at radius 1 is 1.53 bits per heavy atom. The molecule has 0 aromatic heterocycles. The third-order valence-electron chi connectivity index (χ3n) is 3.18. The van der Waals surface area contributed by atoms with Crippen molar-refractivity contribution in [2.75, 3.05) is 13.2 Å². The zero-order chi connectivity index (χ0) is 14.2. The van der Waals surface area contributed by atoms with Gasteiger partial charge in [-0.2, -0.15) is 0 Å². The summed E-state index contributed by atoms with van der Waals surface area (Å²) in [5.74, 6) is -0.661. The first-order valence-corrected chi connectivity index (χ1v) is 6.08. The lowest BCUT2D eigenvalue weighted by Gasteiger charge is -2.31. The van der Waals surface area contributed by atoms with Crippen molar-refractivity contribution in [2.24, 2.45) is 5.73 Å². The molecule has 0 radical (unpaired) electrons. The van der Waals surface area contributed by atoms with E-state index in [1.54, 1.807) is 0 Å². The van der Waals surface area contributed by atoms with Crippen LogP contribution in [0.5, 0.6) is 0 Å². The monoisotopic (exact) mass is 290 g/mol. The highest BCUT2D eigenvalue weighted by molar-refractivity contribution is 6.33. The lowest BCUT2D eigenvalue weighted by atomic mass is 10.1. The number of carbonyl (C=O) groups is 1. The van der Waals surface area contributed by atoms with Gasteiger partial charge in [0.2, 0.25) is 5.91 Å². The van der Waals surface area contributed by atoms with Crippen LogP contribution in [0.3, 0.4) is 0 Å². The van der Waals surface area contributed by atoms with Crippen LogP contribution in [0.1, 0.15) is 0 Å². The van der Waals surface area contributed by atoms with Crippen LogP contribution in [0.2, 0.25) is 0 Å². The molecule has 4 atom stereocenters. The first-order valence-electron chi connectivity index (χ1n) is 5.70. The molecule has 0 spiro atoms. The Labute approximate surface area is 114 Å². The van der Waals surface area contributed by atoms with Crippen LogP contribution >= 0.6 is 11.6 Å². The first kappa shape index (κ1) is 14.3. The fourth-order valence-corrected chi connectivity index (χ4v) is 2.31. The molecular formula is C11H15ClN2O5. The van der Waals surface area contributed by atoms with Gasteiger partial charge >= 0.3 is 0 Å². The predicted molar refractivity (Wildman–Crippen MR) is 65.7 cm³/mol. The number of halogens is 1. The minimum atomic E-state index is -1.20. The number of hydrogen-bond donors (Lipinski definition) is 4. The third kappa shape index (κ3) is 2.60. The van der Waals surface area contributed by atoms with Crippen LogP contribution < -0.4 is 5.73 Å². The van der Waals surface area contributed by atoms with Gasteiger partial charge in [-0.1, -0.05) is 11.6 Å². The van der Waals surface area contributed by atoms with Crippen LogP contribution in [0.4, 0.5) is 0 Å². The van der Waals surface area contributed by atoms with Gasteiger partial charge in [-0.05, 0) is 6.08 Å². The van der Waals surface area contributed by atoms with Crippen LogP contribution in [0.15, 0.2) is 22.9 Å². The second kappa shape index (κ2) is 5.48. The Balaban J connectivity index is 2.14. The van der Waals surface area contributed by atoms with E-state index < -0.39 is 37.1 Å². The van der Waals surface area contributed by atoms with Crippen LogP contribution in [-0.2, 0) is 9.53 Å². The Morgan fingerprint density at radius 2 is 2.21 bits per heavy atom. The van der Waals surface area contributed by atoms with E-state index in [1.807, 2.05) is 0 Å². The molecular weight excluding hydrogens is 276 g/mol. The van der Waals surface area contributed by atoms with Gasteiger partial charge in [0.15, 0.2) is 6.23 Å². The molecule has 106 valence electrons. The van der Waals surface area contributed by atoms with E-state index >= 15 is 0 Å². The van der Waals surface area contributed by atoms with E-state index in [1.165, 1.54) is 17.2 Å². The fourth-order valence-electron chi connectivity index (χ4n) is 2.10. The van der Waals surface area contributed by atoms with Crippen molar-refractivity contribution in [2.45, 2.75) is 24.5 Å². The second-order valence-electron chi connectivity index (χ2n) is 4.41. The summed E-state index contributed by atoms with van der Waals surface area (Å²) in [5.41, 5.74) is 5.40. The molecule has 8 heteroatoms. The number of amides is 1. The summed E-state index contributed by atoms with van der Waals surface area (Å²) in [6.45, 7) is -0.344. The fraction of sp³-hybridized carbons (Fsp3) is 0.545. The molecule has 1 fully saturated rings. The van der Waals surface area contributed by atoms with Gasteiger partial charge in [-0.15, -0.1) is 0 Å². The van der Waals surface area contributed by atoms with E-state index in [0.29, 0.717) is 0 Å². The minimum absolute atomic E-state index is 0.0667. The smallest absolute Gasteiger partial charge is 0.247 e. The number of carbonyl (C=O) groups excluding carboxylic acids is 1. The number of allylic oxidation sites excluding steroid dienone is 2.